The maximum absolute atomic E-state index is 8.52. The van der Waals surface area contributed by atoms with Crippen molar-refractivity contribution >= 4 is 10.4 Å². The van der Waals surface area contributed by atoms with Crippen molar-refractivity contribution < 1.29 is 27.1 Å². The van der Waals surface area contributed by atoms with Crippen molar-refractivity contribution in [1.29, 1.82) is 10.9 Å². The van der Waals surface area contributed by atoms with Crippen LogP contribution in [0.15, 0.2) is 0 Å². The number of nitrogens with zero attached hydrogens (tertiary/aromatic N) is 2. The zero-order valence-corrected chi connectivity index (χ0v) is 4.57. The third-order valence-electron chi connectivity index (χ3n) is 0. The van der Waals surface area contributed by atoms with E-state index in [0.29, 0.717) is 0 Å². The minimum Gasteiger partial charge on any atom is -0.759 e. The molecule has 52 valence electrons. The summed E-state index contributed by atoms with van der Waals surface area (Å²) in [5, 5.41) is 0. The summed E-state index contributed by atoms with van der Waals surface area (Å²) in [6.45, 7) is 0. The summed E-state index contributed by atoms with van der Waals surface area (Å²) in [4.78, 5) is 0. The van der Waals surface area contributed by atoms with Crippen molar-refractivity contribution in [2.24, 2.45) is 0 Å². The Morgan fingerprint density at radius 3 is 1.00 bits per heavy atom. The van der Waals surface area contributed by atoms with Crippen LogP contribution in [-0.4, -0.2) is 17.5 Å². The summed E-state index contributed by atoms with van der Waals surface area (Å²) in [5.41, 5.74) is 11.5. The molecule has 0 saturated carbocycles. The van der Waals surface area contributed by atoms with E-state index in [1.54, 1.807) is 0 Å². The predicted molar refractivity (Wildman–Crippen MR) is 15.3 cm³/mol. The second-order valence-electron chi connectivity index (χ2n) is 0.408. The van der Waals surface area contributed by atoms with Gasteiger partial charge in [-0.2, -0.15) is 0 Å². The Bertz CT molecular complexity index is 146. The van der Waals surface area contributed by atoms with E-state index in [4.69, 9.17) is 38.0 Å². The Balaban J connectivity index is -0.0000000771. The van der Waals surface area contributed by atoms with Crippen LogP contribution in [0.25, 0.3) is 0 Å². The van der Waals surface area contributed by atoms with Crippen LogP contribution in [0.2, 0.25) is 0 Å². The molecule has 0 aliphatic rings. The SMILES string of the molecule is N#[O+].N#[O+].O=S(=O)([O-])[O-]. The minimum absolute atomic E-state index is 5.17. The van der Waals surface area contributed by atoms with Crippen molar-refractivity contribution in [3.63, 3.8) is 0 Å². The summed E-state index contributed by atoms with van der Waals surface area (Å²) in [5.74, 6) is 0. The average Bonchev–Trinajstić information content (AvgIpc) is 1.72. The van der Waals surface area contributed by atoms with Gasteiger partial charge in [-0.15, -0.1) is 0 Å². The molecule has 9 heavy (non-hydrogen) atoms. The molecule has 0 aromatic rings. The van der Waals surface area contributed by atoms with E-state index in [-0.39, 0.29) is 0 Å². The zero-order valence-electron chi connectivity index (χ0n) is 3.75. The first-order valence-corrected chi connectivity index (χ1v) is 2.37. The van der Waals surface area contributed by atoms with Gasteiger partial charge in [0.2, 0.25) is 0 Å². The maximum atomic E-state index is 8.52. The molecule has 0 atom stereocenters. The van der Waals surface area contributed by atoms with Crippen LogP contribution in [0.5, 0.6) is 0 Å². The smallest absolute Gasteiger partial charge is 0.0311 e. The molecular weight excluding hydrogens is 156 g/mol. The van der Waals surface area contributed by atoms with E-state index >= 15 is 0 Å². The van der Waals surface area contributed by atoms with Gasteiger partial charge >= 0.3 is 20.5 Å². The molecule has 0 aromatic carbocycles. The zero-order chi connectivity index (χ0) is 8.50. The van der Waals surface area contributed by atoms with Gasteiger partial charge in [-0.05, 0) is 0 Å². The Hall–Kier alpha value is -0.790. The number of rotatable bonds is 0. The quantitative estimate of drug-likeness (QED) is 0.233. The molecule has 0 bridgehead atoms. The minimum atomic E-state index is -5.17. The average molecular weight is 156 g/mol. The van der Waals surface area contributed by atoms with Gasteiger partial charge in [-0.1, -0.05) is 0 Å². The van der Waals surface area contributed by atoms with Crippen LogP contribution in [0.4, 0.5) is 0 Å². The van der Waals surface area contributed by atoms with E-state index in [1.807, 2.05) is 0 Å². The summed E-state index contributed by atoms with van der Waals surface area (Å²) < 4.78 is 48.6. The molecule has 0 aliphatic heterocycles. The fraction of sp³-hybridized carbons (Fsp3) is 0. The summed E-state index contributed by atoms with van der Waals surface area (Å²) in [6.07, 6.45) is 0. The molecule has 8 nitrogen and oxygen atoms in total. The van der Waals surface area contributed by atoms with Gasteiger partial charge in [-0.25, -0.2) is 0 Å². The van der Waals surface area contributed by atoms with Gasteiger partial charge in [0, 0.05) is 10.4 Å². The van der Waals surface area contributed by atoms with Gasteiger partial charge in [0.15, 0.2) is 0 Å². The molecule has 0 aliphatic carbocycles. The monoisotopic (exact) mass is 156 g/mol. The van der Waals surface area contributed by atoms with E-state index in [9.17, 15) is 0 Å². The van der Waals surface area contributed by atoms with Gasteiger partial charge in [-0.3, -0.25) is 8.42 Å². The van der Waals surface area contributed by atoms with E-state index in [2.05, 4.69) is 0 Å². The van der Waals surface area contributed by atoms with Crippen molar-refractivity contribution in [3.8, 4) is 0 Å². The summed E-state index contributed by atoms with van der Waals surface area (Å²) in [7, 11) is -5.17. The van der Waals surface area contributed by atoms with Crippen molar-refractivity contribution in [3.05, 3.63) is 0 Å². The molecule has 0 fully saturated rings. The Labute approximate surface area is 49.5 Å². The van der Waals surface area contributed by atoms with Crippen molar-refractivity contribution in [2.45, 2.75) is 0 Å². The van der Waals surface area contributed by atoms with Gasteiger partial charge < -0.3 is 9.11 Å². The molecule has 0 N–H and O–H groups in total. The summed E-state index contributed by atoms with van der Waals surface area (Å²) >= 11 is 0. The van der Waals surface area contributed by atoms with E-state index in [1.165, 1.54) is 0 Å². The fourth-order valence-electron chi connectivity index (χ4n) is 0. The first-order chi connectivity index (χ1) is 4.00. The molecule has 9 heteroatoms. The van der Waals surface area contributed by atoms with Crippen molar-refractivity contribution in [1.82, 2.24) is 0 Å². The molecule has 0 radical (unpaired) electrons. The summed E-state index contributed by atoms with van der Waals surface area (Å²) in [6, 6.07) is 0. The largest absolute Gasteiger partial charge is 0.759 e. The van der Waals surface area contributed by atoms with E-state index < -0.39 is 10.4 Å². The normalized spacial score (nSPS) is 6.89. The molecule has 0 unspecified atom stereocenters. The molecule has 0 aromatic heterocycles. The van der Waals surface area contributed by atoms with Crippen LogP contribution in [0.3, 0.4) is 0 Å². The molecule has 0 saturated heterocycles. The molecule has 0 amide bonds. The second-order valence-corrected chi connectivity index (χ2v) is 1.22. The van der Waals surface area contributed by atoms with Crippen LogP contribution in [-0.2, 0) is 19.9 Å². The van der Waals surface area contributed by atoms with Crippen molar-refractivity contribution in [2.75, 3.05) is 0 Å². The van der Waals surface area contributed by atoms with Crippen LogP contribution < -0.4 is 0 Å². The van der Waals surface area contributed by atoms with Gasteiger partial charge in [0.1, 0.15) is 0 Å². The standard InChI is InChI=1S/2NO.H2O4S/c2*1-2;1-5(2,3)4/h;;(H2,1,2,3,4)/q2*+1;/p-2. The third kappa shape index (κ3) is 314. The fourth-order valence-corrected chi connectivity index (χ4v) is 0. The van der Waals surface area contributed by atoms with E-state index in [0.717, 1.165) is 0 Å². The third-order valence-corrected chi connectivity index (χ3v) is 0. The Morgan fingerprint density at radius 2 is 1.00 bits per heavy atom. The van der Waals surface area contributed by atoms with Crippen LogP contribution >= 0.6 is 0 Å². The first kappa shape index (κ1) is 15.7. The second kappa shape index (κ2) is 10.2. The Morgan fingerprint density at radius 1 is 1.00 bits per heavy atom. The number of hydrogen-bond donors (Lipinski definition) is 0. The number of hydrogen-bond acceptors (Lipinski definition) is 6. The molecule has 0 rings (SSSR count). The molecule has 0 spiro atoms. The first-order valence-electron chi connectivity index (χ1n) is 1.03. The van der Waals surface area contributed by atoms with Crippen LogP contribution in [0.1, 0.15) is 0 Å². The maximum Gasteiger partial charge on any atom is 0.0311 e. The topological polar surface area (TPSA) is 168 Å². The molecule has 0 heterocycles. The van der Waals surface area contributed by atoms with Gasteiger partial charge in [0.25, 0.3) is 0 Å². The van der Waals surface area contributed by atoms with Gasteiger partial charge in [0.05, 0.1) is 0 Å². The predicted octanol–water partition coefficient (Wildman–Crippen LogP) is -1.55. The Kier molecular flexibility index (Phi) is 17.9. The van der Waals surface area contributed by atoms with Crippen LogP contribution in [0, 0.1) is 10.9 Å². The molecular formula is N2O6S.